The monoisotopic (exact) mass is 549 g/mol. The maximum atomic E-state index is 3.81. The maximum absolute atomic E-state index is 3.81. The van der Waals surface area contributed by atoms with Gasteiger partial charge in [0.15, 0.2) is 0 Å². The second-order valence-electron chi connectivity index (χ2n) is 10.6. The van der Waals surface area contributed by atoms with Gasteiger partial charge in [-0.1, -0.05) is 0 Å². The molecule has 35 heavy (non-hydrogen) atoms. The summed E-state index contributed by atoms with van der Waals surface area (Å²) in [5.41, 5.74) is 5.29. The molecule has 182 valence electrons. The van der Waals surface area contributed by atoms with Gasteiger partial charge in [0.05, 0.1) is 0 Å². The van der Waals surface area contributed by atoms with Crippen molar-refractivity contribution in [1.82, 2.24) is 4.67 Å². The van der Waals surface area contributed by atoms with E-state index in [2.05, 4.69) is 144 Å². The molecular formula is C30H36N3PSe. The average molecular weight is 549 g/mol. The Labute approximate surface area is 218 Å². The molecule has 0 unspecified atom stereocenters. The van der Waals surface area contributed by atoms with Crippen LogP contribution < -0.4 is 9.34 Å². The van der Waals surface area contributed by atoms with Gasteiger partial charge in [0, 0.05) is 0 Å². The van der Waals surface area contributed by atoms with Crippen LogP contribution in [0.4, 0.5) is 11.4 Å². The third-order valence-electron chi connectivity index (χ3n) is 7.06. The standard InChI is InChI=1S/C30H36N3PSe/c1-21(2)19-33(20-22(3)4)34(35)31(5)27-17-15-23-11-7-9-13-25(23)29(27)30-26-14-10-8-12-24(26)16-18-28(30)32(34)6/h7-18,21-22H,19-20H2,1-6H3. The Balaban J connectivity index is 1.91. The molecule has 5 heteroatoms. The zero-order valence-electron chi connectivity index (χ0n) is 21.7. The van der Waals surface area contributed by atoms with Gasteiger partial charge in [0.1, 0.15) is 0 Å². The number of hydrogen-bond donors (Lipinski definition) is 0. The van der Waals surface area contributed by atoms with E-state index in [1.807, 2.05) is 0 Å². The van der Waals surface area contributed by atoms with E-state index in [9.17, 15) is 0 Å². The van der Waals surface area contributed by atoms with E-state index < -0.39 is 5.96 Å². The van der Waals surface area contributed by atoms with Gasteiger partial charge in [-0.15, -0.1) is 0 Å². The van der Waals surface area contributed by atoms with Crippen molar-refractivity contribution in [1.29, 1.82) is 0 Å². The molecule has 0 fully saturated rings. The molecule has 1 aliphatic heterocycles. The molecule has 0 radical (unpaired) electrons. The molecule has 0 atom stereocenters. The number of nitrogens with zero attached hydrogens (tertiary/aromatic N) is 3. The Kier molecular flexibility index (Phi) is 6.62. The van der Waals surface area contributed by atoms with Gasteiger partial charge in [-0.25, -0.2) is 0 Å². The molecule has 4 aromatic carbocycles. The molecule has 0 amide bonds. The van der Waals surface area contributed by atoms with Crippen LogP contribution in [0.25, 0.3) is 32.7 Å². The molecule has 0 spiro atoms. The predicted octanol–water partition coefficient (Wildman–Crippen LogP) is 8.01. The topological polar surface area (TPSA) is 9.72 Å². The molecule has 0 N–H and O–H groups in total. The van der Waals surface area contributed by atoms with Crippen molar-refractivity contribution in [3.63, 3.8) is 0 Å². The van der Waals surface area contributed by atoms with Gasteiger partial charge in [0.25, 0.3) is 0 Å². The molecule has 5 rings (SSSR count). The van der Waals surface area contributed by atoms with Crippen LogP contribution in [0.15, 0.2) is 72.8 Å². The van der Waals surface area contributed by atoms with E-state index >= 15 is 0 Å². The van der Waals surface area contributed by atoms with Crippen LogP contribution in [0, 0.1) is 11.8 Å². The third-order valence-corrected chi connectivity index (χ3v) is 14.7. The number of rotatable bonds is 5. The van der Waals surface area contributed by atoms with Crippen LogP contribution >= 0.6 is 5.96 Å². The summed E-state index contributed by atoms with van der Waals surface area (Å²) in [6, 6.07) is 27.0. The fourth-order valence-electron chi connectivity index (χ4n) is 5.58. The second kappa shape index (κ2) is 9.41. The summed E-state index contributed by atoms with van der Waals surface area (Å²) in [5.74, 6) is -0.893. The van der Waals surface area contributed by atoms with E-state index in [4.69, 9.17) is 0 Å². The molecule has 0 saturated heterocycles. The van der Waals surface area contributed by atoms with Gasteiger partial charge in [-0.3, -0.25) is 0 Å². The van der Waals surface area contributed by atoms with Crippen LogP contribution in [0.2, 0.25) is 0 Å². The van der Waals surface area contributed by atoms with Crippen molar-refractivity contribution < 1.29 is 0 Å². The van der Waals surface area contributed by atoms with Gasteiger partial charge >= 0.3 is 219 Å². The molecule has 1 heterocycles. The van der Waals surface area contributed by atoms with Crippen molar-refractivity contribution in [2.24, 2.45) is 11.8 Å². The van der Waals surface area contributed by atoms with Gasteiger partial charge < -0.3 is 0 Å². The number of hydrogen-bond acceptors (Lipinski definition) is 3. The first-order chi connectivity index (χ1) is 16.7. The summed E-state index contributed by atoms with van der Waals surface area (Å²) < 4.78 is 7.90. The number of anilines is 2. The Bertz CT molecular complexity index is 1340. The minimum absolute atomic E-state index is 0.580. The van der Waals surface area contributed by atoms with Gasteiger partial charge in [0.2, 0.25) is 0 Å². The molecule has 1 aliphatic rings. The van der Waals surface area contributed by atoms with E-state index in [0.29, 0.717) is 11.8 Å². The van der Waals surface area contributed by atoms with Crippen molar-refractivity contribution in [2.75, 3.05) is 36.5 Å². The zero-order chi connectivity index (χ0) is 24.9. The first kappa shape index (κ1) is 24.6. The van der Waals surface area contributed by atoms with Crippen molar-refractivity contribution >= 4 is 54.0 Å². The molecule has 0 aliphatic carbocycles. The quantitative estimate of drug-likeness (QED) is 0.185. The first-order valence-electron chi connectivity index (χ1n) is 12.6. The Hall–Kier alpha value is -2.09. The Morgan fingerprint density at radius 1 is 0.657 bits per heavy atom. The summed E-state index contributed by atoms with van der Waals surface area (Å²) in [6.07, 6.45) is 0. The average Bonchev–Trinajstić information content (AvgIpc) is 2.91. The van der Waals surface area contributed by atoms with Crippen LogP contribution in [-0.4, -0.2) is 47.0 Å². The van der Waals surface area contributed by atoms with Crippen LogP contribution in [0.5, 0.6) is 0 Å². The fourth-order valence-corrected chi connectivity index (χ4v) is 10.7. The Morgan fingerprint density at radius 2 is 1.06 bits per heavy atom. The van der Waals surface area contributed by atoms with E-state index in [1.165, 1.54) is 44.0 Å². The molecule has 0 saturated carbocycles. The normalized spacial score (nSPS) is 15.2. The molecular weight excluding hydrogens is 512 g/mol. The molecule has 4 aromatic rings. The van der Waals surface area contributed by atoms with Crippen LogP contribution in [0.3, 0.4) is 0 Å². The summed E-state index contributed by atoms with van der Waals surface area (Å²) in [7, 11) is 4.60. The third kappa shape index (κ3) is 4.05. The van der Waals surface area contributed by atoms with E-state index in [0.717, 1.165) is 13.1 Å². The minimum atomic E-state index is -2.05. The van der Waals surface area contributed by atoms with E-state index in [-0.39, 0.29) is 0 Å². The van der Waals surface area contributed by atoms with Crippen LogP contribution in [0.1, 0.15) is 27.7 Å². The predicted molar refractivity (Wildman–Crippen MR) is 158 cm³/mol. The Morgan fingerprint density at radius 3 is 1.46 bits per heavy atom. The summed E-state index contributed by atoms with van der Waals surface area (Å²) in [4.78, 5) is 0. The van der Waals surface area contributed by atoms with E-state index in [1.54, 1.807) is 0 Å². The first-order valence-corrected chi connectivity index (χ1v) is 16.5. The zero-order valence-corrected chi connectivity index (χ0v) is 24.3. The van der Waals surface area contributed by atoms with Crippen molar-refractivity contribution in [2.45, 2.75) is 27.7 Å². The number of benzene rings is 4. The SMILES string of the molecule is CC(C)CN(CC(C)C)P1(=[Se])N(C)c2ccc3ccccc3c2-c2c(ccc3ccccc23)N1C. The molecule has 0 bridgehead atoms. The van der Waals surface area contributed by atoms with Gasteiger partial charge in [-0.05, 0) is 0 Å². The molecule has 3 nitrogen and oxygen atoms in total. The summed E-state index contributed by atoms with van der Waals surface area (Å²) in [6.45, 7) is 11.4. The fraction of sp³-hybridized carbons (Fsp3) is 0.333. The molecule has 0 aromatic heterocycles. The van der Waals surface area contributed by atoms with Crippen molar-refractivity contribution in [3.8, 4) is 11.1 Å². The summed E-state index contributed by atoms with van der Waals surface area (Å²) >= 11 is 3.81. The summed E-state index contributed by atoms with van der Waals surface area (Å²) in [5, 5.41) is 5.20. The van der Waals surface area contributed by atoms with Crippen molar-refractivity contribution in [3.05, 3.63) is 72.8 Å². The number of fused-ring (bicyclic) bond motifs is 7. The van der Waals surface area contributed by atoms with Crippen LogP contribution in [-0.2, 0) is 0 Å². The van der Waals surface area contributed by atoms with Gasteiger partial charge in [-0.2, -0.15) is 0 Å². The second-order valence-corrected chi connectivity index (χ2v) is 16.5.